The molecule has 0 aliphatic heterocycles. The van der Waals surface area contributed by atoms with E-state index < -0.39 is 0 Å². The fraction of sp³-hybridized carbons (Fsp3) is 0.357. The van der Waals surface area contributed by atoms with Crippen molar-refractivity contribution in [3.8, 4) is 5.69 Å². The molecule has 19 heavy (non-hydrogen) atoms. The van der Waals surface area contributed by atoms with Crippen molar-refractivity contribution in [1.29, 1.82) is 0 Å². The van der Waals surface area contributed by atoms with Gasteiger partial charge in [-0.15, -0.1) is 5.10 Å². The van der Waals surface area contributed by atoms with Crippen LogP contribution in [0.1, 0.15) is 48.8 Å². The maximum absolute atomic E-state index is 13.0. The Balaban J connectivity index is 2.54. The van der Waals surface area contributed by atoms with Gasteiger partial charge in [0.25, 0.3) is 0 Å². The van der Waals surface area contributed by atoms with E-state index >= 15 is 0 Å². The van der Waals surface area contributed by atoms with Crippen LogP contribution in [0.3, 0.4) is 0 Å². The molecule has 0 aliphatic carbocycles. The molecule has 0 unspecified atom stereocenters. The van der Waals surface area contributed by atoms with Crippen molar-refractivity contribution in [3.63, 3.8) is 0 Å². The molecule has 4 nitrogen and oxygen atoms in total. The van der Waals surface area contributed by atoms with E-state index in [4.69, 9.17) is 0 Å². The van der Waals surface area contributed by atoms with Crippen molar-refractivity contribution in [2.75, 3.05) is 0 Å². The van der Waals surface area contributed by atoms with Gasteiger partial charge < -0.3 is 0 Å². The summed E-state index contributed by atoms with van der Waals surface area (Å²) < 4.78 is 14.6. The minimum atomic E-state index is -0.302. The van der Waals surface area contributed by atoms with E-state index in [1.807, 2.05) is 0 Å². The number of benzene rings is 1. The molecule has 0 atom stereocenters. The summed E-state index contributed by atoms with van der Waals surface area (Å²) >= 11 is 0. The van der Waals surface area contributed by atoms with Gasteiger partial charge in [-0.2, -0.15) is 0 Å². The number of hydrogen-bond donors (Lipinski definition) is 0. The van der Waals surface area contributed by atoms with E-state index in [1.54, 1.807) is 16.8 Å². The van der Waals surface area contributed by atoms with Crippen LogP contribution in [0.4, 0.5) is 4.39 Å². The minimum Gasteiger partial charge on any atom is -0.296 e. The lowest BCUT2D eigenvalue weighted by molar-refractivity contribution is 0.111. The molecule has 100 valence electrons. The van der Waals surface area contributed by atoms with Crippen molar-refractivity contribution in [1.82, 2.24) is 15.0 Å². The second-order valence-electron chi connectivity index (χ2n) is 4.38. The first kappa shape index (κ1) is 13.4. The first-order valence-electron chi connectivity index (χ1n) is 6.37. The highest BCUT2D eigenvalue weighted by Gasteiger charge is 2.20. The van der Waals surface area contributed by atoms with E-state index in [2.05, 4.69) is 24.2 Å². The highest BCUT2D eigenvalue weighted by molar-refractivity contribution is 5.74. The molecule has 0 fully saturated rings. The predicted octanol–water partition coefficient (Wildman–Crippen LogP) is 3.12. The zero-order valence-electron chi connectivity index (χ0n) is 11.0. The summed E-state index contributed by atoms with van der Waals surface area (Å²) in [5, 5.41) is 7.92. The standard InChI is InChI=1S/C14H16FN3O/c1-3-10(4-2)14-13(9-19)16-17-18(14)12-7-5-11(15)6-8-12/h5-10H,3-4H2,1-2H3. The summed E-state index contributed by atoms with van der Waals surface area (Å²) in [7, 11) is 0. The number of aromatic nitrogens is 3. The number of rotatable bonds is 5. The summed E-state index contributed by atoms with van der Waals surface area (Å²) in [5.74, 6) is -0.0937. The second-order valence-corrected chi connectivity index (χ2v) is 4.38. The average Bonchev–Trinajstić information content (AvgIpc) is 2.85. The Morgan fingerprint density at radius 2 is 1.89 bits per heavy atom. The van der Waals surface area contributed by atoms with Gasteiger partial charge in [0.15, 0.2) is 6.29 Å². The van der Waals surface area contributed by atoms with Gasteiger partial charge in [-0.05, 0) is 37.1 Å². The quantitative estimate of drug-likeness (QED) is 0.777. The van der Waals surface area contributed by atoms with Crippen LogP contribution in [0.5, 0.6) is 0 Å². The molecular weight excluding hydrogens is 245 g/mol. The largest absolute Gasteiger partial charge is 0.296 e. The third-order valence-corrected chi connectivity index (χ3v) is 3.29. The Hall–Kier alpha value is -2.04. The number of aldehydes is 1. The summed E-state index contributed by atoms with van der Waals surface area (Å²) in [6.45, 7) is 4.12. The predicted molar refractivity (Wildman–Crippen MR) is 70.0 cm³/mol. The SMILES string of the molecule is CCC(CC)c1c(C=O)nnn1-c1ccc(F)cc1. The Morgan fingerprint density at radius 3 is 2.42 bits per heavy atom. The molecule has 2 aromatic rings. The summed E-state index contributed by atoms with van der Waals surface area (Å²) in [6, 6.07) is 6.00. The Morgan fingerprint density at radius 1 is 1.26 bits per heavy atom. The highest BCUT2D eigenvalue weighted by atomic mass is 19.1. The van der Waals surface area contributed by atoms with Crippen LogP contribution in [0.25, 0.3) is 5.69 Å². The molecular formula is C14H16FN3O. The van der Waals surface area contributed by atoms with Crippen molar-refractivity contribution >= 4 is 6.29 Å². The van der Waals surface area contributed by atoms with Crippen molar-refractivity contribution in [3.05, 3.63) is 41.5 Å². The Bertz CT molecular complexity index is 559. The number of hydrogen-bond acceptors (Lipinski definition) is 3. The van der Waals surface area contributed by atoms with Crippen molar-refractivity contribution < 1.29 is 9.18 Å². The average molecular weight is 261 g/mol. The molecule has 0 aliphatic rings. The van der Waals surface area contributed by atoms with E-state index in [1.165, 1.54) is 12.1 Å². The molecule has 0 radical (unpaired) electrons. The summed E-state index contributed by atoms with van der Waals surface area (Å²) in [5.41, 5.74) is 1.87. The van der Waals surface area contributed by atoms with Gasteiger partial charge in [0.1, 0.15) is 11.5 Å². The molecule has 1 aromatic heterocycles. The zero-order valence-corrected chi connectivity index (χ0v) is 11.0. The number of halogens is 1. The van der Waals surface area contributed by atoms with Gasteiger partial charge in [0.05, 0.1) is 11.4 Å². The molecule has 0 bridgehead atoms. The first-order valence-corrected chi connectivity index (χ1v) is 6.37. The molecule has 5 heteroatoms. The van der Waals surface area contributed by atoms with Crippen LogP contribution >= 0.6 is 0 Å². The molecule has 0 saturated heterocycles. The second kappa shape index (κ2) is 5.73. The van der Waals surface area contributed by atoms with Crippen molar-refractivity contribution in [2.24, 2.45) is 0 Å². The molecule has 2 rings (SSSR count). The van der Waals surface area contributed by atoms with Crippen molar-refractivity contribution in [2.45, 2.75) is 32.6 Å². The molecule has 0 spiro atoms. The van der Waals surface area contributed by atoms with Crippen LogP contribution < -0.4 is 0 Å². The van der Waals surface area contributed by atoms with Gasteiger partial charge in [0, 0.05) is 5.92 Å². The molecule has 0 amide bonds. The fourth-order valence-electron chi connectivity index (χ4n) is 2.22. The Labute approximate surface area is 111 Å². The van der Waals surface area contributed by atoms with Crippen LogP contribution in [-0.4, -0.2) is 21.3 Å². The smallest absolute Gasteiger partial charge is 0.172 e. The lowest BCUT2D eigenvalue weighted by Crippen LogP contribution is -2.08. The van der Waals surface area contributed by atoms with Gasteiger partial charge in [-0.3, -0.25) is 4.79 Å². The van der Waals surface area contributed by atoms with Gasteiger partial charge in [-0.1, -0.05) is 19.1 Å². The van der Waals surface area contributed by atoms with E-state index in [9.17, 15) is 9.18 Å². The molecule has 1 aromatic carbocycles. The van der Waals surface area contributed by atoms with E-state index in [0.717, 1.165) is 24.8 Å². The molecule has 0 saturated carbocycles. The molecule has 0 N–H and O–H groups in total. The first-order chi connectivity index (χ1) is 9.21. The van der Waals surface area contributed by atoms with Gasteiger partial charge >= 0.3 is 0 Å². The topological polar surface area (TPSA) is 47.8 Å². The monoisotopic (exact) mass is 261 g/mol. The van der Waals surface area contributed by atoms with Crippen LogP contribution in [0.2, 0.25) is 0 Å². The lowest BCUT2D eigenvalue weighted by Gasteiger charge is -2.14. The highest BCUT2D eigenvalue weighted by Crippen LogP contribution is 2.26. The normalized spacial score (nSPS) is 10.9. The van der Waals surface area contributed by atoms with Gasteiger partial charge in [-0.25, -0.2) is 9.07 Å². The third kappa shape index (κ3) is 2.54. The Kier molecular flexibility index (Phi) is 4.04. The van der Waals surface area contributed by atoms with Crippen LogP contribution in [-0.2, 0) is 0 Å². The van der Waals surface area contributed by atoms with Crippen LogP contribution in [0, 0.1) is 5.82 Å². The number of nitrogens with zero attached hydrogens (tertiary/aromatic N) is 3. The van der Waals surface area contributed by atoms with Crippen LogP contribution in [0.15, 0.2) is 24.3 Å². The third-order valence-electron chi connectivity index (χ3n) is 3.29. The maximum atomic E-state index is 13.0. The minimum absolute atomic E-state index is 0.209. The summed E-state index contributed by atoms with van der Waals surface area (Å²) in [4.78, 5) is 11.1. The number of carbonyl (C=O) groups excluding carboxylic acids is 1. The fourth-order valence-corrected chi connectivity index (χ4v) is 2.22. The zero-order chi connectivity index (χ0) is 13.8. The molecule has 1 heterocycles. The van der Waals surface area contributed by atoms with E-state index in [0.29, 0.717) is 11.4 Å². The number of carbonyl (C=O) groups is 1. The van der Waals surface area contributed by atoms with E-state index in [-0.39, 0.29) is 11.7 Å². The lowest BCUT2D eigenvalue weighted by atomic mass is 9.97. The maximum Gasteiger partial charge on any atom is 0.172 e. The summed E-state index contributed by atoms with van der Waals surface area (Å²) in [6.07, 6.45) is 2.51. The van der Waals surface area contributed by atoms with Gasteiger partial charge in [0.2, 0.25) is 0 Å².